The summed E-state index contributed by atoms with van der Waals surface area (Å²) >= 11 is 0. The van der Waals surface area contributed by atoms with Crippen molar-refractivity contribution in [3.05, 3.63) is 35.7 Å². The Morgan fingerprint density at radius 3 is 2.12 bits per heavy atom. The van der Waals surface area contributed by atoms with E-state index in [2.05, 4.69) is 15.3 Å². The van der Waals surface area contributed by atoms with Crippen LogP contribution in [0.3, 0.4) is 0 Å². The quantitative estimate of drug-likeness (QED) is 0.688. The lowest BCUT2D eigenvalue weighted by Crippen LogP contribution is -2.32. The van der Waals surface area contributed by atoms with E-state index in [0.29, 0.717) is 0 Å². The number of amides is 1. The second kappa shape index (κ2) is 7.47. The van der Waals surface area contributed by atoms with E-state index >= 15 is 0 Å². The van der Waals surface area contributed by atoms with Crippen LogP contribution in [0.4, 0.5) is 0 Å². The average Bonchev–Trinajstić information content (AvgIpc) is 3.20. The van der Waals surface area contributed by atoms with Gasteiger partial charge in [0.05, 0.1) is 6.04 Å². The first kappa shape index (κ1) is 18.7. The summed E-state index contributed by atoms with van der Waals surface area (Å²) in [7, 11) is 0. The fraction of sp³-hybridized carbons (Fsp3) is 0.500. The Morgan fingerprint density at radius 1 is 1.04 bits per heavy atom. The molecule has 4 N–H and O–H groups in total. The third kappa shape index (κ3) is 4.24. The highest BCUT2D eigenvalue weighted by Crippen LogP contribution is 2.23. The third-order valence-electron chi connectivity index (χ3n) is 3.72. The van der Waals surface area contributed by atoms with E-state index in [-0.39, 0.29) is 35.0 Å². The number of rotatable bonds is 7. The van der Waals surface area contributed by atoms with Crippen LogP contribution in [0.2, 0.25) is 0 Å². The SMILES string of the molecule is CC(C)[C@H](N)c1nc(C(=O)N[C@H](c2nc(C(=O)O)co2)C(C)C)co1. The Labute approximate surface area is 144 Å². The Bertz CT molecular complexity index is 749. The molecule has 0 spiro atoms. The van der Waals surface area contributed by atoms with E-state index in [0.717, 1.165) is 6.26 Å². The van der Waals surface area contributed by atoms with Gasteiger partial charge in [-0.05, 0) is 11.8 Å². The number of carbonyl (C=O) groups excluding carboxylic acids is 1. The molecule has 0 bridgehead atoms. The Balaban J connectivity index is 2.16. The highest BCUT2D eigenvalue weighted by atomic mass is 16.4. The summed E-state index contributed by atoms with van der Waals surface area (Å²) in [5.74, 6) is -1.27. The minimum atomic E-state index is -1.20. The predicted octanol–water partition coefficient (Wildman–Crippen LogP) is 2.14. The number of nitrogens with zero attached hydrogens (tertiary/aromatic N) is 2. The summed E-state index contributed by atoms with van der Waals surface area (Å²) in [6, 6.07) is -1.02. The van der Waals surface area contributed by atoms with E-state index < -0.39 is 24.0 Å². The first-order valence-electron chi connectivity index (χ1n) is 7.91. The first-order valence-corrected chi connectivity index (χ1v) is 7.91. The molecule has 0 aliphatic carbocycles. The lowest BCUT2D eigenvalue weighted by molar-refractivity contribution is 0.0690. The number of hydrogen-bond acceptors (Lipinski definition) is 7. The van der Waals surface area contributed by atoms with Crippen LogP contribution in [0.5, 0.6) is 0 Å². The fourth-order valence-electron chi connectivity index (χ4n) is 2.09. The number of carboxylic acids is 1. The molecule has 0 aromatic carbocycles. The molecule has 0 radical (unpaired) electrons. The summed E-state index contributed by atoms with van der Waals surface area (Å²) in [5.41, 5.74) is 5.82. The highest BCUT2D eigenvalue weighted by Gasteiger charge is 2.27. The van der Waals surface area contributed by atoms with Gasteiger partial charge in [0.1, 0.15) is 18.6 Å². The number of hydrogen-bond donors (Lipinski definition) is 3. The number of carboxylic acid groups (broad SMARTS) is 1. The van der Waals surface area contributed by atoms with Crippen LogP contribution in [-0.4, -0.2) is 27.0 Å². The van der Waals surface area contributed by atoms with Crippen LogP contribution in [-0.2, 0) is 0 Å². The van der Waals surface area contributed by atoms with E-state index in [4.69, 9.17) is 19.7 Å². The lowest BCUT2D eigenvalue weighted by atomic mass is 10.0. The lowest BCUT2D eigenvalue weighted by Gasteiger charge is -2.18. The average molecular weight is 350 g/mol. The van der Waals surface area contributed by atoms with Gasteiger partial charge in [-0.25, -0.2) is 14.8 Å². The minimum Gasteiger partial charge on any atom is -0.476 e. The molecule has 1 amide bonds. The third-order valence-corrected chi connectivity index (χ3v) is 3.72. The van der Waals surface area contributed by atoms with Crippen LogP contribution in [0.15, 0.2) is 21.4 Å². The summed E-state index contributed by atoms with van der Waals surface area (Å²) in [6.45, 7) is 7.54. The first-order chi connectivity index (χ1) is 11.7. The zero-order chi connectivity index (χ0) is 18.7. The number of nitrogens with one attached hydrogen (secondary N) is 1. The van der Waals surface area contributed by atoms with Gasteiger partial charge in [-0.2, -0.15) is 0 Å². The van der Waals surface area contributed by atoms with E-state index in [1.165, 1.54) is 6.26 Å². The van der Waals surface area contributed by atoms with Gasteiger partial charge in [-0.3, -0.25) is 4.79 Å². The van der Waals surface area contributed by atoms with Gasteiger partial charge in [0.25, 0.3) is 5.91 Å². The van der Waals surface area contributed by atoms with Crippen molar-refractivity contribution in [2.24, 2.45) is 17.6 Å². The molecule has 2 heterocycles. The molecule has 0 aliphatic heterocycles. The van der Waals surface area contributed by atoms with E-state index in [9.17, 15) is 9.59 Å². The van der Waals surface area contributed by atoms with Crippen LogP contribution < -0.4 is 11.1 Å². The Kier molecular flexibility index (Phi) is 5.58. The highest BCUT2D eigenvalue weighted by molar-refractivity contribution is 5.92. The fourth-order valence-corrected chi connectivity index (χ4v) is 2.09. The Morgan fingerprint density at radius 2 is 1.60 bits per heavy atom. The summed E-state index contributed by atoms with van der Waals surface area (Å²) < 4.78 is 10.5. The molecule has 2 atom stereocenters. The molecule has 136 valence electrons. The Hall–Kier alpha value is -2.68. The molecule has 0 unspecified atom stereocenters. The second-order valence-electron chi connectivity index (χ2n) is 6.41. The smallest absolute Gasteiger partial charge is 0.357 e. The number of aromatic nitrogens is 2. The van der Waals surface area contributed by atoms with Gasteiger partial charge in [0.15, 0.2) is 11.4 Å². The molecule has 2 aromatic heterocycles. The van der Waals surface area contributed by atoms with Gasteiger partial charge >= 0.3 is 5.97 Å². The van der Waals surface area contributed by atoms with Gasteiger partial charge < -0.3 is 25.0 Å². The summed E-state index contributed by atoms with van der Waals surface area (Å²) in [5, 5.41) is 11.7. The van der Waals surface area contributed by atoms with Crippen molar-refractivity contribution in [1.82, 2.24) is 15.3 Å². The summed E-state index contributed by atoms with van der Waals surface area (Å²) in [4.78, 5) is 31.4. The van der Waals surface area contributed by atoms with Crippen LogP contribution in [0, 0.1) is 11.8 Å². The number of aromatic carboxylic acids is 1. The second-order valence-corrected chi connectivity index (χ2v) is 6.41. The van der Waals surface area contributed by atoms with Crippen molar-refractivity contribution in [1.29, 1.82) is 0 Å². The molecule has 9 nitrogen and oxygen atoms in total. The van der Waals surface area contributed by atoms with Gasteiger partial charge in [-0.15, -0.1) is 0 Å². The minimum absolute atomic E-state index is 0.0850. The molecule has 25 heavy (non-hydrogen) atoms. The topological polar surface area (TPSA) is 144 Å². The maximum atomic E-state index is 12.4. The van der Waals surface area contributed by atoms with Crippen molar-refractivity contribution in [3.63, 3.8) is 0 Å². The van der Waals surface area contributed by atoms with Crippen molar-refractivity contribution in [2.75, 3.05) is 0 Å². The maximum absolute atomic E-state index is 12.4. The molecule has 2 aromatic rings. The number of nitrogens with two attached hydrogens (primary N) is 1. The zero-order valence-electron chi connectivity index (χ0n) is 14.5. The molecule has 2 rings (SSSR count). The van der Waals surface area contributed by atoms with Gasteiger partial charge in [0.2, 0.25) is 11.8 Å². The van der Waals surface area contributed by atoms with Crippen molar-refractivity contribution >= 4 is 11.9 Å². The normalized spacial score (nSPS) is 13.9. The van der Waals surface area contributed by atoms with E-state index in [1.54, 1.807) is 0 Å². The molecular weight excluding hydrogens is 328 g/mol. The molecule has 0 saturated carbocycles. The molecule has 0 saturated heterocycles. The van der Waals surface area contributed by atoms with E-state index in [1.807, 2.05) is 27.7 Å². The van der Waals surface area contributed by atoms with Crippen LogP contribution in [0.25, 0.3) is 0 Å². The van der Waals surface area contributed by atoms with Crippen molar-refractivity contribution < 1.29 is 23.5 Å². The van der Waals surface area contributed by atoms with Crippen LogP contribution >= 0.6 is 0 Å². The van der Waals surface area contributed by atoms with Crippen molar-refractivity contribution in [3.8, 4) is 0 Å². The standard InChI is InChI=1S/C16H22N4O5/c1-7(2)11(17)14-18-9(5-24-14)13(21)20-12(8(3)4)15-19-10(6-25-15)16(22)23/h5-8,11-12H,17H2,1-4H3,(H,20,21)(H,22,23)/t11-,12-/m0/s1. The van der Waals surface area contributed by atoms with Crippen LogP contribution in [0.1, 0.15) is 72.5 Å². The molecule has 9 heteroatoms. The van der Waals surface area contributed by atoms with Gasteiger partial charge in [-0.1, -0.05) is 27.7 Å². The summed E-state index contributed by atoms with van der Waals surface area (Å²) in [6.07, 6.45) is 2.28. The molecular formula is C16H22N4O5. The zero-order valence-corrected chi connectivity index (χ0v) is 14.5. The number of oxazole rings is 2. The molecule has 0 fully saturated rings. The molecule has 0 aliphatic rings. The maximum Gasteiger partial charge on any atom is 0.357 e. The van der Waals surface area contributed by atoms with Gasteiger partial charge in [0, 0.05) is 0 Å². The number of carbonyl (C=O) groups is 2. The van der Waals surface area contributed by atoms with Crippen molar-refractivity contribution in [2.45, 2.75) is 39.8 Å². The monoisotopic (exact) mass is 350 g/mol. The predicted molar refractivity (Wildman–Crippen MR) is 86.8 cm³/mol. The largest absolute Gasteiger partial charge is 0.476 e.